The van der Waals surface area contributed by atoms with Crippen LogP contribution in [0.1, 0.15) is 5.89 Å². The van der Waals surface area contributed by atoms with E-state index < -0.39 is 0 Å². The highest BCUT2D eigenvalue weighted by Gasteiger charge is 2.20. The molecular weight excluding hydrogens is 457 g/mol. The van der Waals surface area contributed by atoms with Gasteiger partial charge in [0.25, 0.3) is 0 Å². The largest absolute Gasteiger partial charge is 0.419 e. The van der Waals surface area contributed by atoms with Crippen LogP contribution in [0.5, 0.6) is 0 Å². The summed E-state index contributed by atoms with van der Waals surface area (Å²) in [5, 5.41) is 10.7. The number of aryl methyl sites for hydroxylation is 1. The van der Waals surface area contributed by atoms with Crippen molar-refractivity contribution < 1.29 is 4.42 Å². The van der Waals surface area contributed by atoms with E-state index in [-0.39, 0.29) is 0 Å². The third-order valence-electron chi connectivity index (χ3n) is 5.73. The van der Waals surface area contributed by atoms with Gasteiger partial charge in [-0.15, -0.1) is 10.2 Å². The van der Waals surface area contributed by atoms with Gasteiger partial charge < -0.3 is 13.6 Å². The highest BCUT2D eigenvalue weighted by Crippen LogP contribution is 2.35. The lowest BCUT2D eigenvalue weighted by molar-refractivity contribution is 0.492. The van der Waals surface area contributed by atoms with Crippen LogP contribution in [0.15, 0.2) is 77.3 Å². The molecule has 33 heavy (non-hydrogen) atoms. The van der Waals surface area contributed by atoms with E-state index in [0.29, 0.717) is 34.2 Å². The number of hydrogen-bond acceptors (Lipinski definition) is 4. The second-order valence-corrected chi connectivity index (χ2v) is 8.57. The van der Waals surface area contributed by atoms with Gasteiger partial charge in [-0.25, -0.2) is 4.98 Å². The second-order valence-electron chi connectivity index (χ2n) is 7.78. The molecular formula is C25H17Cl2N5O. The Kier molecular flexibility index (Phi) is 4.71. The fourth-order valence-electron chi connectivity index (χ4n) is 4.19. The van der Waals surface area contributed by atoms with E-state index in [4.69, 9.17) is 32.6 Å². The molecule has 3 heterocycles. The fourth-order valence-corrected chi connectivity index (χ4v) is 4.58. The lowest BCUT2D eigenvalue weighted by atomic mass is 10.2. The summed E-state index contributed by atoms with van der Waals surface area (Å²) in [5.41, 5.74) is 4.53. The zero-order chi connectivity index (χ0) is 22.5. The number of imidazole rings is 1. The first-order valence-corrected chi connectivity index (χ1v) is 11.1. The number of aromatic nitrogens is 5. The average Bonchev–Trinajstić information content (AvgIpc) is 3.53. The smallest absolute Gasteiger partial charge is 0.250 e. The standard InChI is InChI=1S/C25H17Cl2N5O/c1-31-13-17(15-7-2-4-11-20(15)31)25-30-29-22(33-25)14-32-21-12-5-3-10-19(21)28-24(32)16-8-6-9-18(26)23(16)27/h2-13H,14H2,1H3. The zero-order valence-electron chi connectivity index (χ0n) is 17.5. The topological polar surface area (TPSA) is 61.7 Å². The number of nitrogens with zero attached hydrogens (tertiary/aromatic N) is 5. The van der Waals surface area contributed by atoms with E-state index >= 15 is 0 Å². The lowest BCUT2D eigenvalue weighted by Crippen LogP contribution is -2.03. The van der Waals surface area contributed by atoms with E-state index in [9.17, 15) is 0 Å². The normalized spacial score (nSPS) is 11.6. The van der Waals surface area contributed by atoms with Crippen LogP contribution in [-0.2, 0) is 13.6 Å². The molecule has 0 radical (unpaired) electrons. The maximum absolute atomic E-state index is 6.53. The highest BCUT2D eigenvalue weighted by atomic mass is 35.5. The van der Waals surface area contributed by atoms with Gasteiger partial charge in [0.1, 0.15) is 12.4 Å². The van der Waals surface area contributed by atoms with Gasteiger partial charge in [0.2, 0.25) is 11.8 Å². The Morgan fingerprint density at radius 2 is 1.64 bits per heavy atom. The minimum Gasteiger partial charge on any atom is -0.419 e. The molecule has 6 nitrogen and oxygen atoms in total. The summed E-state index contributed by atoms with van der Waals surface area (Å²) >= 11 is 12.8. The molecule has 162 valence electrons. The number of hydrogen-bond donors (Lipinski definition) is 0. The first kappa shape index (κ1) is 20.0. The molecule has 0 fully saturated rings. The molecule has 0 aliphatic heterocycles. The molecule has 3 aromatic heterocycles. The Balaban J connectivity index is 1.46. The molecule has 0 aliphatic carbocycles. The molecule has 0 N–H and O–H groups in total. The van der Waals surface area contributed by atoms with E-state index in [2.05, 4.69) is 26.9 Å². The monoisotopic (exact) mass is 473 g/mol. The van der Waals surface area contributed by atoms with E-state index in [1.165, 1.54) is 0 Å². The van der Waals surface area contributed by atoms with Gasteiger partial charge in [0, 0.05) is 29.7 Å². The van der Waals surface area contributed by atoms with Gasteiger partial charge in [-0.2, -0.15) is 0 Å². The van der Waals surface area contributed by atoms with Gasteiger partial charge >= 0.3 is 0 Å². The van der Waals surface area contributed by atoms with Crippen molar-refractivity contribution in [3.05, 3.63) is 88.9 Å². The maximum Gasteiger partial charge on any atom is 0.250 e. The summed E-state index contributed by atoms with van der Waals surface area (Å²) in [7, 11) is 2.00. The summed E-state index contributed by atoms with van der Waals surface area (Å²) in [6, 6.07) is 21.5. The molecule has 0 aliphatic rings. The van der Waals surface area contributed by atoms with Crippen molar-refractivity contribution in [2.24, 2.45) is 7.05 Å². The van der Waals surface area contributed by atoms with Crippen LogP contribution in [0.2, 0.25) is 10.0 Å². The lowest BCUT2D eigenvalue weighted by Gasteiger charge is -2.09. The molecule has 0 amide bonds. The predicted octanol–water partition coefficient (Wildman–Crippen LogP) is 6.60. The van der Waals surface area contributed by atoms with Gasteiger partial charge in [0.05, 0.1) is 26.6 Å². The minimum atomic E-state index is 0.344. The van der Waals surface area contributed by atoms with Crippen LogP contribution < -0.4 is 0 Å². The summed E-state index contributed by atoms with van der Waals surface area (Å²) in [4.78, 5) is 4.82. The fraction of sp³-hybridized carbons (Fsp3) is 0.0800. The SMILES string of the molecule is Cn1cc(-c2nnc(Cn3c(-c4cccc(Cl)c4Cl)nc4ccccc43)o2)c2ccccc21. The average molecular weight is 474 g/mol. The summed E-state index contributed by atoms with van der Waals surface area (Å²) in [6.07, 6.45) is 2.01. The van der Waals surface area contributed by atoms with Crippen LogP contribution in [-0.4, -0.2) is 24.3 Å². The van der Waals surface area contributed by atoms with E-state index in [0.717, 1.165) is 33.1 Å². The van der Waals surface area contributed by atoms with E-state index in [1.807, 2.05) is 66.3 Å². The van der Waals surface area contributed by atoms with Crippen LogP contribution in [0, 0.1) is 0 Å². The number of halogens is 2. The van der Waals surface area contributed by atoms with Crippen molar-refractivity contribution in [2.45, 2.75) is 6.54 Å². The summed E-state index contributed by atoms with van der Waals surface area (Å²) in [5.74, 6) is 1.64. The van der Waals surface area contributed by atoms with Crippen molar-refractivity contribution in [2.75, 3.05) is 0 Å². The number of rotatable bonds is 4. The Morgan fingerprint density at radius 1 is 0.848 bits per heavy atom. The summed E-state index contributed by atoms with van der Waals surface area (Å²) in [6.45, 7) is 0.344. The van der Waals surface area contributed by atoms with Gasteiger partial charge in [-0.1, -0.05) is 59.6 Å². The van der Waals surface area contributed by atoms with Crippen molar-refractivity contribution in [3.8, 4) is 22.8 Å². The van der Waals surface area contributed by atoms with Gasteiger partial charge in [0.15, 0.2) is 0 Å². The van der Waals surface area contributed by atoms with Crippen molar-refractivity contribution in [3.63, 3.8) is 0 Å². The molecule has 3 aromatic carbocycles. The van der Waals surface area contributed by atoms with Crippen LogP contribution >= 0.6 is 23.2 Å². The quantitative estimate of drug-likeness (QED) is 0.289. The molecule has 0 bridgehead atoms. The summed E-state index contributed by atoms with van der Waals surface area (Å²) < 4.78 is 10.2. The van der Waals surface area contributed by atoms with Crippen molar-refractivity contribution in [1.82, 2.24) is 24.3 Å². The molecule has 6 rings (SSSR count). The Bertz CT molecular complexity index is 1650. The number of para-hydroxylation sites is 3. The molecule has 0 spiro atoms. The van der Waals surface area contributed by atoms with Crippen LogP contribution in [0.4, 0.5) is 0 Å². The first-order chi connectivity index (χ1) is 16.1. The van der Waals surface area contributed by atoms with Crippen LogP contribution in [0.3, 0.4) is 0 Å². The second kappa shape index (κ2) is 7.76. The third kappa shape index (κ3) is 3.30. The minimum absolute atomic E-state index is 0.344. The molecule has 0 unspecified atom stereocenters. The third-order valence-corrected chi connectivity index (χ3v) is 6.55. The molecule has 0 saturated heterocycles. The Morgan fingerprint density at radius 3 is 2.52 bits per heavy atom. The molecule has 0 saturated carbocycles. The Labute approximate surface area is 199 Å². The molecule has 8 heteroatoms. The van der Waals surface area contributed by atoms with Gasteiger partial charge in [-0.05, 0) is 30.3 Å². The number of fused-ring (bicyclic) bond motifs is 2. The highest BCUT2D eigenvalue weighted by molar-refractivity contribution is 6.43. The zero-order valence-corrected chi connectivity index (χ0v) is 19.0. The maximum atomic E-state index is 6.53. The number of benzene rings is 3. The van der Waals surface area contributed by atoms with Crippen LogP contribution in [0.25, 0.3) is 44.8 Å². The van der Waals surface area contributed by atoms with Crippen molar-refractivity contribution >= 4 is 45.1 Å². The van der Waals surface area contributed by atoms with E-state index in [1.54, 1.807) is 6.07 Å². The first-order valence-electron chi connectivity index (χ1n) is 10.4. The van der Waals surface area contributed by atoms with Crippen molar-refractivity contribution in [1.29, 1.82) is 0 Å². The molecule has 0 atom stereocenters. The molecule has 6 aromatic rings. The Hall–Kier alpha value is -3.61. The predicted molar refractivity (Wildman–Crippen MR) is 131 cm³/mol. The van der Waals surface area contributed by atoms with Gasteiger partial charge in [-0.3, -0.25) is 0 Å².